The van der Waals surface area contributed by atoms with Crippen LogP contribution in [0.15, 0.2) is 84.0 Å². The van der Waals surface area contributed by atoms with Crippen LogP contribution in [0.3, 0.4) is 0 Å². The molecule has 156 valence electrons. The van der Waals surface area contributed by atoms with Crippen LogP contribution in [0.4, 0.5) is 0 Å². The molecule has 2 aromatic rings. The molecule has 1 nitrogen and oxygen atoms in total. The summed E-state index contributed by atoms with van der Waals surface area (Å²) in [7, 11) is -2.42. The topological polar surface area (TPSA) is 9.23 Å². The van der Waals surface area contributed by atoms with E-state index in [4.69, 9.17) is 4.43 Å². The zero-order chi connectivity index (χ0) is 21.3. The van der Waals surface area contributed by atoms with Crippen LogP contribution in [0.25, 0.3) is 0 Å². The Labute approximate surface area is 179 Å². The number of hydrogen-bond acceptors (Lipinski definition) is 1. The fraction of sp³-hybridized carbons (Fsp3) is 0.407. The summed E-state index contributed by atoms with van der Waals surface area (Å²) >= 11 is 0. The summed E-state index contributed by atoms with van der Waals surface area (Å²) in [6.45, 7) is 14.2. The number of rotatable bonds is 9. The van der Waals surface area contributed by atoms with Gasteiger partial charge in [-0.3, -0.25) is 0 Å². The fourth-order valence-electron chi connectivity index (χ4n) is 3.96. The predicted octanol–water partition coefficient (Wildman–Crippen LogP) is 6.65. The van der Waals surface area contributed by atoms with Gasteiger partial charge in [0.15, 0.2) is 0 Å². The molecule has 29 heavy (non-hydrogen) atoms. The molecule has 0 atom stereocenters. The Kier molecular flexibility index (Phi) is 8.67. The minimum atomic E-state index is -2.42. The zero-order valence-electron chi connectivity index (χ0n) is 19.2. The van der Waals surface area contributed by atoms with E-state index in [0.29, 0.717) is 6.61 Å². The van der Waals surface area contributed by atoms with Crippen molar-refractivity contribution < 1.29 is 4.43 Å². The van der Waals surface area contributed by atoms with E-state index in [0.717, 1.165) is 6.42 Å². The van der Waals surface area contributed by atoms with Gasteiger partial charge >= 0.3 is 0 Å². The fourth-order valence-corrected chi connectivity index (χ4v) is 8.45. The van der Waals surface area contributed by atoms with Crippen molar-refractivity contribution in [1.82, 2.24) is 0 Å². The summed E-state index contributed by atoms with van der Waals surface area (Å²) < 4.78 is 6.94. The molecule has 0 N–H and O–H groups in total. The van der Waals surface area contributed by atoms with Gasteiger partial charge in [0, 0.05) is 0 Å². The van der Waals surface area contributed by atoms with Crippen molar-refractivity contribution in [3.05, 3.63) is 84.0 Å². The number of allylic oxidation sites excluding steroid dienone is 3. The lowest BCUT2D eigenvalue weighted by atomic mass is 10.1. The summed E-state index contributed by atoms with van der Waals surface area (Å²) in [5.74, 6) is 0. The van der Waals surface area contributed by atoms with E-state index in [9.17, 15) is 0 Å². The second-order valence-electron chi connectivity index (χ2n) is 9.01. The summed E-state index contributed by atoms with van der Waals surface area (Å²) in [5.41, 5.74) is 2.90. The molecule has 0 amide bonds. The van der Waals surface area contributed by atoms with E-state index in [1.807, 2.05) is 0 Å². The van der Waals surface area contributed by atoms with Crippen molar-refractivity contribution in [3.63, 3.8) is 0 Å². The highest BCUT2D eigenvalue weighted by atomic mass is 28.4. The average molecular weight is 407 g/mol. The van der Waals surface area contributed by atoms with Crippen molar-refractivity contribution in [2.75, 3.05) is 6.61 Å². The maximum Gasteiger partial charge on any atom is 0.261 e. The van der Waals surface area contributed by atoms with Gasteiger partial charge in [0.25, 0.3) is 8.32 Å². The molecule has 2 rings (SSSR count). The van der Waals surface area contributed by atoms with E-state index in [1.165, 1.54) is 34.4 Å². The highest BCUT2D eigenvalue weighted by molar-refractivity contribution is 6.99. The van der Waals surface area contributed by atoms with E-state index >= 15 is 0 Å². The van der Waals surface area contributed by atoms with E-state index in [1.54, 1.807) is 0 Å². The summed E-state index contributed by atoms with van der Waals surface area (Å²) in [4.78, 5) is 0. The lowest BCUT2D eigenvalue weighted by molar-refractivity contribution is 0.338. The summed E-state index contributed by atoms with van der Waals surface area (Å²) in [5, 5.41) is 2.71. The SMILES string of the molecule is C/C=C(\C)CCC/C(C)=C/CO[Si](c1ccccc1)(c1ccccc1)C(C)(C)C. The van der Waals surface area contributed by atoms with Gasteiger partial charge < -0.3 is 4.43 Å². The molecular weight excluding hydrogens is 368 g/mol. The molecule has 0 aliphatic heterocycles. The second-order valence-corrected chi connectivity index (χ2v) is 13.3. The van der Waals surface area contributed by atoms with E-state index in [2.05, 4.69) is 114 Å². The molecule has 2 aromatic carbocycles. The van der Waals surface area contributed by atoms with Gasteiger partial charge in [-0.15, -0.1) is 0 Å². The molecule has 0 aliphatic carbocycles. The molecule has 0 bridgehead atoms. The highest BCUT2D eigenvalue weighted by Gasteiger charge is 2.49. The average Bonchev–Trinajstić information content (AvgIpc) is 2.71. The predicted molar refractivity (Wildman–Crippen MR) is 131 cm³/mol. The molecule has 0 saturated carbocycles. The van der Waals surface area contributed by atoms with Crippen LogP contribution in [-0.4, -0.2) is 14.9 Å². The summed E-state index contributed by atoms with van der Waals surface area (Å²) in [6.07, 6.45) is 8.03. The van der Waals surface area contributed by atoms with Gasteiger partial charge in [0.2, 0.25) is 0 Å². The summed E-state index contributed by atoms with van der Waals surface area (Å²) in [6, 6.07) is 21.7. The molecule has 2 heteroatoms. The largest absolute Gasteiger partial charge is 0.404 e. The molecular formula is C27H38OSi. The first-order chi connectivity index (χ1) is 13.8. The zero-order valence-corrected chi connectivity index (χ0v) is 20.2. The quantitative estimate of drug-likeness (QED) is 0.335. The Balaban J connectivity index is 2.28. The van der Waals surface area contributed by atoms with Crippen LogP contribution < -0.4 is 10.4 Å². The van der Waals surface area contributed by atoms with Crippen molar-refractivity contribution in [3.8, 4) is 0 Å². The van der Waals surface area contributed by atoms with Gasteiger partial charge in [-0.2, -0.15) is 0 Å². The minimum absolute atomic E-state index is 0.0283. The maximum atomic E-state index is 6.94. The van der Waals surface area contributed by atoms with Crippen molar-refractivity contribution in [1.29, 1.82) is 0 Å². The third-order valence-electron chi connectivity index (χ3n) is 5.78. The van der Waals surface area contributed by atoms with Crippen LogP contribution in [-0.2, 0) is 4.43 Å². The Morgan fingerprint density at radius 2 is 1.31 bits per heavy atom. The molecule has 0 heterocycles. The second kappa shape index (κ2) is 10.8. The van der Waals surface area contributed by atoms with Gasteiger partial charge in [-0.25, -0.2) is 0 Å². The molecule has 0 unspecified atom stereocenters. The van der Waals surface area contributed by atoms with Gasteiger partial charge in [0.1, 0.15) is 0 Å². The molecule has 0 saturated heterocycles. The van der Waals surface area contributed by atoms with E-state index < -0.39 is 8.32 Å². The molecule has 0 aliphatic rings. The Hall–Kier alpha value is -1.90. The van der Waals surface area contributed by atoms with Crippen LogP contribution in [0.1, 0.15) is 60.8 Å². The smallest absolute Gasteiger partial charge is 0.261 e. The van der Waals surface area contributed by atoms with Crippen molar-refractivity contribution in [2.24, 2.45) is 0 Å². The number of benzene rings is 2. The highest BCUT2D eigenvalue weighted by Crippen LogP contribution is 2.36. The van der Waals surface area contributed by atoms with Crippen molar-refractivity contribution >= 4 is 18.7 Å². The minimum Gasteiger partial charge on any atom is -0.404 e. The first kappa shape index (κ1) is 23.4. The Morgan fingerprint density at radius 3 is 1.76 bits per heavy atom. The molecule has 0 aromatic heterocycles. The third-order valence-corrected chi connectivity index (χ3v) is 10.8. The van der Waals surface area contributed by atoms with Crippen LogP contribution in [0.5, 0.6) is 0 Å². The first-order valence-electron chi connectivity index (χ1n) is 10.8. The molecule has 0 radical (unpaired) electrons. The van der Waals surface area contributed by atoms with Gasteiger partial charge in [-0.1, -0.05) is 105 Å². The van der Waals surface area contributed by atoms with Gasteiger partial charge in [0.05, 0.1) is 6.61 Å². The van der Waals surface area contributed by atoms with E-state index in [-0.39, 0.29) is 5.04 Å². The van der Waals surface area contributed by atoms with Gasteiger partial charge in [-0.05, 0) is 55.4 Å². The van der Waals surface area contributed by atoms with Crippen molar-refractivity contribution in [2.45, 2.75) is 65.8 Å². The lowest BCUT2D eigenvalue weighted by Crippen LogP contribution is -2.66. The standard InChI is InChI=1S/C27H38OSi/c1-7-23(2)15-14-16-24(3)21-22-28-29(27(4,5)6,25-17-10-8-11-18-25)26-19-12-9-13-20-26/h7-13,17-21H,14-16,22H2,1-6H3/b23-7+,24-21+. The van der Waals surface area contributed by atoms with Crippen LogP contribution >= 0.6 is 0 Å². The maximum absolute atomic E-state index is 6.94. The lowest BCUT2D eigenvalue weighted by Gasteiger charge is -2.42. The van der Waals surface area contributed by atoms with Crippen LogP contribution in [0, 0.1) is 0 Å². The Morgan fingerprint density at radius 1 is 0.828 bits per heavy atom. The monoisotopic (exact) mass is 406 g/mol. The first-order valence-corrected chi connectivity index (χ1v) is 12.7. The third kappa shape index (κ3) is 6.04. The van der Waals surface area contributed by atoms with Crippen LogP contribution in [0.2, 0.25) is 5.04 Å². The molecule has 0 fully saturated rings. The normalized spacial score (nSPS) is 13.6. The number of hydrogen-bond donors (Lipinski definition) is 0. The molecule has 0 spiro atoms. The Bertz CT molecular complexity index is 758.